The van der Waals surface area contributed by atoms with Crippen LogP contribution in [0.15, 0.2) is 34.8 Å². The fraction of sp³-hybridized carbons (Fsp3) is 0.0714. The SMILES string of the molecule is Cc1cc(Br)ccc1NC(=O)c1cc([N+](=O)[O-])cc([N+](=O)[O-])c1Cl. The second-order valence-corrected chi connectivity index (χ2v) is 6.05. The van der Waals surface area contributed by atoms with Gasteiger partial charge in [-0.2, -0.15) is 0 Å². The first-order valence-corrected chi connectivity index (χ1v) is 7.57. The molecule has 1 amide bonds. The lowest BCUT2D eigenvalue weighted by molar-refractivity contribution is -0.394. The maximum atomic E-state index is 12.4. The lowest BCUT2D eigenvalue weighted by Gasteiger charge is -2.10. The number of hydrogen-bond acceptors (Lipinski definition) is 5. The van der Waals surface area contributed by atoms with Crippen LogP contribution in [0.3, 0.4) is 0 Å². The number of carbonyl (C=O) groups is 1. The second-order valence-electron chi connectivity index (χ2n) is 4.75. The molecule has 0 saturated carbocycles. The number of nitro groups is 2. The number of carbonyl (C=O) groups excluding carboxylic acids is 1. The van der Waals surface area contributed by atoms with E-state index in [0.29, 0.717) is 11.8 Å². The Labute approximate surface area is 148 Å². The van der Waals surface area contributed by atoms with E-state index in [2.05, 4.69) is 21.2 Å². The number of anilines is 1. The first-order chi connectivity index (χ1) is 11.2. The number of nitrogens with zero attached hydrogens (tertiary/aromatic N) is 2. The van der Waals surface area contributed by atoms with Gasteiger partial charge in [-0.05, 0) is 30.7 Å². The van der Waals surface area contributed by atoms with Crippen molar-refractivity contribution in [2.45, 2.75) is 6.92 Å². The zero-order chi connectivity index (χ0) is 18.0. The molecule has 0 aliphatic rings. The van der Waals surface area contributed by atoms with Gasteiger partial charge >= 0.3 is 0 Å². The summed E-state index contributed by atoms with van der Waals surface area (Å²) in [4.78, 5) is 32.6. The van der Waals surface area contributed by atoms with E-state index in [1.165, 1.54) is 0 Å². The Hall–Kier alpha value is -2.52. The number of aryl methyl sites for hydroxylation is 1. The highest BCUT2D eigenvalue weighted by molar-refractivity contribution is 9.10. The molecule has 0 atom stereocenters. The molecule has 0 bridgehead atoms. The van der Waals surface area contributed by atoms with Crippen molar-refractivity contribution in [3.63, 3.8) is 0 Å². The third kappa shape index (κ3) is 3.69. The van der Waals surface area contributed by atoms with Crippen LogP contribution >= 0.6 is 27.5 Å². The topological polar surface area (TPSA) is 115 Å². The van der Waals surface area contributed by atoms with Crippen LogP contribution in [0.5, 0.6) is 0 Å². The van der Waals surface area contributed by atoms with E-state index >= 15 is 0 Å². The minimum Gasteiger partial charge on any atom is -0.322 e. The molecule has 0 aromatic heterocycles. The molecule has 0 spiro atoms. The summed E-state index contributed by atoms with van der Waals surface area (Å²) in [7, 11) is 0. The Morgan fingerprint density at radius 1 is 1.17 bits per heavy atom. The fourth-order valence-electron chi connectivity index (χ4n) is 1.95. The Morgan fingerprint density at radius 2 is 1.83 bits per heavy atom. The van der Waals surface area contributed by atoms with Crippen molar-refractivity contribution in [1.29, 1.82) is 0 Å². The predicted molar refractivity (Wildman–Crippen MR) is 91.6 cm³/mol. The molecule has 24 heavy (non-hydrogen) atoms. The van der Waals surface area contributed by atoms with Crippen molar-refractivity contribution in [2.24, 2.45) is 0 Å². The molecule has 8 nitrogen and oxygen atoms in total. The normalized spacial score (nSPS) is 10.3. The summed E-state index contributed by atoms with van der Waals surface area (Å²) in [6, 6.07) is 6.69. The first kappa shape index (κ1) is 17.8. The smallest absolute Gasteiger partial charge is 0.295 e. The largest absolute Gasteiger partial charge is 0.322 e. The van der Waals surface area contributed by atoms with Crippen LogP contribution in [-0.4, -0.2) is 15.8 Å². The van der Waals surface area contributed by atoms with Gasteiger partial charge in [-0.3, -0.25) is 25.0 Å². The molecule has 10 heteroatoms. The lowest BCUT2D eigenvalue weighted by Crippen LogP contribution is -2.14. The van der Waals surface area contributed by atoms with Gasteiger partial charge in [-0.1, -0.05) is 27.5 Å². The number of rotatable bonds is 4. The van der Waals surface area contributed by atoms with E-state index in [1.807, 2.05) is 0 Å². The van der Waals surface area contributed by atoms with E-state index in [0.717, 1.165) is 16.1 Å². The predicted octanol–water partition coefficient (Wildman–Crippen LogP) is 4.48. The van der Waals surface area contributed by atoms with E-state index in [4.69, 9.17) is 11.6 Å². The third-order valence-corrected chi connectivity index (χ3v) is 4.02. The highest BCUT2D eigenvalue weighted by atomic mass is 79.9. The summed E-state index contributed by atoms with van der Waals surface area (Å²) < 4.78 is 0.807. The van der Waals surface area contributed by atoms with Gasteiger partial charge in [0.2, 0.25) is 0 Å². The van der Waals surface area contributed by atoms with Crippen molar-refractivity contribution < 1.29 is 14.6 Å². The van der Waals surface area contributed by atoms with Crippen LogP contribution in [0.1, 0.15) is 15.9 Å². The van der Waals surface area contributed by atoms with Crippen molar-refractivity contribution in [3.05, 3.63) is 71.2 Å². The summed E-state index contributed by atoms with van der Waals surface area (Å²) in [6.07, 6.45) is 0. The van der Waals surface area contributed by atoms with Gasteiger partial charge in [0.05, 0.1) is 21.5 Å². The zero-order valence-corrected chi connectivity index (χ0v) is 14.4. The molecule has 0 radical (unpaired) electrons. The average molecular weight is 415 g/mol. The number of nitrogens with one attached hydrogen (secondary N) is 1. The summed E-state index contributed by atoms with van der Waals surface area (Å²) in [5, 5.41) is 24.0. The summed E-state index contributed by atoms with van der Waals surface area (Å²) in [6.45, 7) is 1.75. The molecule has 124 valence electrons. The second kappa shape index (κ2) is 6.93. The Kier molecular flexibility index (Phi) is 5.15. The van der Waals surface area contributed by atoms with E-state index < -0.39 is 32.2 Å². The molecule has 0 heterocycles. The molecule has 0 unspecified atom stereocenters. The number of nitro benzene ring substituents is 2. The van der Waals surface area contributed by atoms with E-state index in [9.17, 15) is 25.0 Å². The van der Waals surface area contributed by atoms with Gasteiger partial charge < -0.3 is 5.32 Å². The molecular weight excluding hydrogens is 406 g/mol. The zero-order valence-electron chi connectivity index (χ0n) is 12.1. The summed E-state index contributed by atoms with van der Waals surface area (Å²) in [5.41, 5.74) is -0.464. The van der Waals surface area contributed by atoms with Gasteiger partial charge in [0.1, 0.15) is 5.02 Å². The van der Waals surface area contributed by atoms with Gasteiger partial charge in [-0.15, -0.1) is 0 Å². The molecular formula is C14H9BrClN3O5. The van der Waals surface area contributed by atoms with Crippen molar-refractivity contribution >= 4 is 50.5 Å². The number of halogens is 2. The van der Waals surface area contributed by atoms with E-state index in [-0.39, 0.29) is 5.56 Å². The maximum Gasteiger partial charge on any atom is 0.295 e. The molecule has 0 aliphatic heterocycles. The van der Waals surface area contributed by atoms with Gasteiger partial charge in [0, 0.05) is 16.2 Å². The number of benzene rings is 2. The third-order valence-electron chi connectivity index (χ3n) is 3.13. The molecule has 0 aliphatic carbocycles. The highest BCUT2D eigenvalue weighted by Gasteiger charge is 2.26. The monoisotopic (exact) mass is 413 g/mol. The van der Waals surface area contributed by atoms with Crippen LogP contribution in [0, 0.1) is 27.2 Å². The number of amides is 1. The van der Waals surface area contributed by atoms with Crippen molar-refractivity contribution in [2.75, 3.05) is 5.32 Å². The Bertz CT molecular complexity index is 872. The van der Waals surface area contributed by atoms with Crippen LogP contribution < -0.4 is 5.32 Å². The summed E-state index contributed by atoms with van der Waals surface area (Å²) in [5.74, 6) is -0.780. The van der Waals surface area contributed by atoms with Crippen LogP contribution in [0.4, 0.5) is 17.1 Å². The summed E-state index contributed by atoms with van der Waals surface area (Å²) >= 11 is 9.16. The molecule has 2 rings (SSSR count). The van der Waals surface area contributed by atoms with Gasteiger partial charge in [0.25, 0.3) is 17.3 Å². The lowest BCUT2D eigenvalue weighted by atomic mass is 10.1. The quantitative estimate of drug-likeness (QED) is 0.585. The van der Waals surface area contributed by atoms with Crippen molar-refractivity contribution in [3.8, 4) is 0 Å². The number of non-ortho nitro benzene ring substituents is 1. The maximum absolute atomic E-state index is 12.4. The van der Waals surface area contributed by atoms with Crippen LogP contribution in [0.2, 0.25) is 5.02 Å². The standard InChI is InChI=1S/C14H9BrClN3O5/c1-7-4-8(15)2-3-11(7)17-14(20)10-5-9(18(21)22)6-12(13(10)16)19(23)24/h2-6H,1H3,(H,17,20). The minimum absolute atomic E-state index is 0.347. The van der Waals surface area contributed by atoms with Crippen LogP contribution in [-0.2, 0) is 0 Å². The molecule has 2 aromatic carbocycles. The minimum atomic E-state index is -0.878. The molecule has 2 aromatic rings. The van der Waals surface area contributed by atoms with Gasteiger partial charge in [-0.25, -0.2) is 0 Å². The number of hydrogen-bond donors (Lipinski definition) is 1. The van der Waals surface area contributed by atoms with Crippen molar-refractivity contribution in [1.82, 2.24) is 0 Å². The molecule has 0 fully saturated rings. The molecule has 0 saturated heterocycles. The Balaban J connectivity index is 2.48. The van der Waals surface area contributed by atoms with Crippen LogP contribution in [0.25, 0.3) is 0 Å². The molecule has 1 N–H and O–H groups in total. The first-order valence-electron chi connectivity index (χ1n) is 6.40. The van der Waals surface area contributed by atoms with E-state index in [1.54, 1.807) is 25.1 Å². The average Bonchev–Trinajstić information content (AvgIpc) is 2.49. The highest BCUT2D eigenvalue weighted by Crippen LogP contribution is 2.33. The Morgan fingerprint density at radius 3 is 2.38 bits per heavy atom. The van der Waals surface area contributed by atoms with Gasteiger partial charge in [0.15, 0.2) is 0 Å². The fourth-order valence-corrected chi connectivity index (χ4v) is 2.69.